The van der Waals surface area contributed by atoms with E-state index >= 15 is 0 Å². The van der Waals surface area contributed by atoms with E-state index in [2.05, 4.69) is 25.0 Å². The van der Waals surface area contributed by atoms with Crippen LogP contribution < -0.4 is 10.0 Å². The van der Waals surface area contributed by atoms with Crippen molar-refractivity contribution < 1.29 is 23.1 Å². The number of carbonyl (C=O) groups is 1. The molecule has 4 aromatic heterocycles. The van der Waals surface area contributed by atoms with Gasteiger partial charge in [0.25, 0.3) is 0 Å². The van der Waals surface area contributed by atoms with Gasteiger partial charge in [-0.2, -0.15) is 0 Å². The molecule has 1 fully saturated rings. The highest BCUT2D eigenvalue weighted by Crippen LogP contribution is 2.40. The van der Waals surface area contributed by atoms with E-state index in [1.54, 1.807) is 65.2 Å². The van der Waals surface area contributed by atoms with Crippen molar-refractivity contribution in [1.29, 1.82) is 0 Å². The lowest BCUT2D eigenvalue weighted by Crippen LogP contribution is -2.32. The van der Waals surface area contributed by atoms with Gasteiger partial charge < -0.3 is 9.84 Å². The van der Waals surface area contributed by atoms with Crippen LogP contribution in [0.1, 0.15) is 69.6 Å². The first kappa shape index (κ1) is 30.3. The molecule has 1 atom stereocenters. The summed E-state index contributed by atoms with van der Waals surface area (Å²) in [6, 6.07) is 9.39. The average Bonchev–Trinajstić information content (AvgIpc) is 3.67. The number of thiophene rings is 1. The van der Waals surface area contributed by atoms with Crippen LogP contribution in [0.2, 0.25) is 5.02 Å². The molecule has 10 nitrogen and oxygen atoms in total. The Hall–Kier alpha value is -3.16. The third-order valence-corrected chi connectivity index (χ3v) is 9.92. The number of halogens is 1. The van der Waals surface area contributed by atoms with Crippen LogP contribution in [0, 0.1) is 0 Å². The maximum Gasteiger partial charge on any atom is 0.413 e. The molecule has 4 aromatic rings. The summed E-state index contributed by atoms with van der Waals surface area (Å²) < 4.78 is 35.3. The molecule has 4 heterocycles. The number of hydrogen-bond donors (Lipinski definition) is 3. The molecule has 1 aliphatic carbocycles. The van der Waals surface area contributed by atoms with Crippen molar-refractivity contribution in [2.45, 2.75) is 70.0 Å². The first-order chi connectivity index (χ1) is 19.6. The second-order valence-electron chi connectivity index (χ2n) is 11.7. The first-order valence-corrected chi connectivity index (χ1v) is 16.1. The molecule has 3 N–H and O–H groups in total. The molecule has 0 bridgehead atoms. The number of nitrogens with one attached hydrogen (secondary N) is 2. The van der Waals surface area contributed by atoms with E-state index in [-0.39, 0.29) is 16.5 Å². The number of nitrogens with zero attached hydrogens (tertiary/aromatic N) is 3. The average molecular weight is 630 g/mol. The van der Waals surface area contributed by atoms with Crippen LogP contribution in [-0.2, 0) is 20.4 Å². The van der Waals surface area contributed by atoms with Gasteiger partial charge in [0.05, 0.1) is 38.0 Å². The van der Waals surface area contributed by atoms with Crippen molar-refractivity contribution in [3.8, 4) is 11.4 Å². The zero-order valence-electron chi connectivity index (χ0n) is 23.8. The van der Waals surface area contributed by atoms with Crippen molar-refractivity contribution in [2.75, 3.05) is 5.32 Å². The predicted octanol–water partition coefficient (Wildman–Crippen LogP) is 6.15. The molecule has 0 aliphatic heterocycles. The maximum atomic E-state index is 13.2. The molecule has 5 rings (SSSR count). The highest BCUT2D eigenvalue weighted by atomic mass is 35.5. The van der Waals surface area contributed by atoms with Gasteiger partial charge in [-0.1, -0.05) is 11.6 Å². The molecule has 1 saturated carbocycles. The Morgan fingerprint density at radius 1 is 1.10 bits per heavy atom. The topological polar surface area (TPSA) is 143 Å². The summed E-state index contributed by atoms with van der Waals surface area (Å²) in [7, 11) is -3.69. The van der Waals surface area contributed by atoms with Crippen LogP contribution in [0.5, 0.6) is 0 Å². The zero-order valence-corrected chi connectivity index (χ0v) is 26.2. The van der Waals surface area contributed by atoms with E-state index in [1.165, 1.54) is 17.4 Å². The van der Waals surface area contributed by atoms with Crippen LogP contribution in [0.3, 0.4) is 0 Å². The Morgan fingerprint density at radius 2 is 1.81 bits per heavy atom. The minimum absolute atomic E-state index is 0.162. The standard InChI is InChI=1S/C29H32ClN5O5S2/c1-28(2,3)40-27(36)34-22-9-8-19(30)23(33-22)25(35-42(38,39)18-6-7-18)21-14-16-10-12-32-24(26(16)41-21)20-15-17(11-13-31-20)29(4,5)37/h8-15,18,25,35,37H,6-7H2,1-5H3,(H,33,34,36). The number of rotatable bonds is 8. The smallest absolute Gasteiger partial charge is 0.413 e. The van der Waals surface area contributed by atoms with E-state index in [9.17, 15) is 18.3 Å². The lowest BCUT2D eigenvalue weighted by atomic mass is 9.98. The Balaban J connectivity index is 1.59. The summed E-state index contributed by atoms with van der Waals surface area (Å²) >= 11 is 7.95. The quantitative estimate of drug-likeness (QED) is 0.210. The zero-order chi connectivity index (χ0) is 30.4. The number of anilines is 1. The molecule has 0 saturated heterocycles. The molecule has 0 spiro atoms. The van der Waals surface area contributed by atoms with E-state index in [4.69, 9.17) is 16.3 Å². The second-order valence-corrected chi connectivity index (χ2v) is 15.2. The van der Waals surface area contributed by atoms with Gasteiger partial charge in [-0.25, -0.2) is 22.9 Å². The van der Waals surface area contributed by atoms with Crippen molar-refractivity contribution in [2.24, 2.45) is 0 Å². The Bertz CT molecular complexity index is 1760. The van der Waals surface area contributed by atoms with Gasteiger partial charge in [-0.05, 0) is 94.8 Å². The van der Waals surface area contributed by atoms with Crippen molar-refractivity contribution in [3.05, 3.63) is 69.9 Å². The largest absolute Gasteiger partial charge is 0.444 e. The Labute approximate surface area is 253 Å². The minimum atomic E-state index is -3.69. The number of aromatic nitrogens is 3. The van der Waals surface area contributed by atoms with Crippen LogP contribution in [0.25, 0.3) is 21.5 Å². The van der Waals surface area contributed by atoms with Gasteiger partial charge >= 0.3 is 6.09 Å². The summed E-state index contributed by atoms with van der Waals surface area (Å²) in [6.07, 6.45) is 3.74. The molecular formula is C29H32ClN5O5S2. The predicted molar refractivity (Wildman–Crippen MR) is 164 cm³/mol. The van der Waals surface area contributed by atoms with Crippen LogP contribution in [-0.4, -0.2) is 45.4 Å². The Morgan fingerprint density at radius 3 is 2.48 bits per heavy atom. The highest BCUT2D eigenvalue weighted by Gasteiger charge is 2.39. The maximum absolute atomic E-state index is 13.2. The monoisotopic (exact) mass is 629 g/mol. The van der Waals surface area contributed by atoms with Gasteiger partial charge in [0, 0.05) is 17.3 Å². The fourth-order valence-electron chi connectivity index (χ4n) is 4.28. The SMILES string of the molecule is CC(C)(C)OC(=O)Nc1ccc(Cl)c(C(NS(=O)(=O)C2CC2)c2cc3ccnc(-c4cc(C(C)(C)O)ccn4)c3s2)n1. The molecule has 1 amide bonds. The molecule has 0 radical (unpaired) electrons. The van der Waals surface area contributed by atoms with Crippen molar-refractivity contribution in [1.82, 2.24) is 19.7 Å². The van der Waals surface area contributed by atoms with E-state index in [1.807, 2.05) is 12.1 Å². The van der Waals surface area contributed by atoms with Crippen LogP contribution in [0.4, 0.5) is 10.6 Å². The molecule has 42 heavy (non-hydrogen) atoms. The number of sulfonamides is 1. The Kier molecular flexibility index (Phi) is 8.05. The van der Waals surface area contributed by atoms with E-state index in [0.29, 0.717) is 34.7 Å². The third kappa shape index (κ3) is 6.90. The summed E-state index contributed by atoms with van der Waals surface area (Å²) in [5, 5.41) is 13.7. The normalized spacial score (nSPS) is 15.0. The molecule has 13 heteroatoms. The van der Waals surface area contributed by atoms with E-state index < -0.39 is 38.6 Å². The number of ether oxygens (including phenoxy) is 1. The van der Waals surface area contributed by atoms with Crippen molar-refractivity contribution >= 4 is 55.0 Å². The summed E-state index contributed by atoms with van der Waals surface area (Å²) in [4.78, 5) is 26.7. The fourth-order valence-corrected chi connectivity index (χ4v) is 7.29. The molecule has 1 unspecified atom stereocenters. The van der Waals surface area contributed by atoms with Gasteiger partial charge in [0.1, 0.15) is 17.1 Å². The number of pyridine rings is 3. The molecule has 222 valence electrons. The van der Waals surface area contributed by atoms with Crippen LogP contribution in [0.15, 0.2) is 48.8 Å². The van der Waals surface area contributed by atoms with Crippen molar-refractivity contribution in [3.63, 3.8) is 0 Å². The molecular weight excluding hydrogens is 598 g/mol. The lowest BCUT2D eigenvalue weighted by molar-refractivity contribution is 0.0635. The number of fused-ring (bicyclic) bond motifs is 1. The number of amides is 1. The molecule has 1 aliphatic rings. The lowest BCUT2D eigenvalue weighted by Gasteiger charge is -2.21. The molecule has 0 aromatic carbocycles. The highest BCUT2D eigenvalue weighted by molar-refractivity contribution is 7.90. The number of hydrogen-bond acceptors (Lipinski definition) is 9. The van der Waals surface area contributed by atoms with Gasteiger partial charge in [0.15, 0.2) is 0 Å². The van der Waals surface area contributed by atoms with E-state index in [0.717, 1.165) is 10.1 Å². The number of carbonyl (C=O) groups excluding carboxylic acids is 1. The van der Waals surface area contributed by atoms with Gasteiger partial charge in [-0.15, -0.1) is 11.3 Å². The number of aliphatic hydroxyl groups is 1. The van der Waals surface area contributed by atoms with Crippen LogP contribution >= 0.6 is 22.9 Å². The first-order valence-electron chi connectivity index (χ1n) is 13.4. The van der Waals surface area contributed by atoms with Gasteiger partial charge in [-0.3, -0.25) is 15.3 Å². The summed E-state index contributed by atoms with van der Waals surface area (Å²) in [5.41, 5.74) is 0.299. The fraction of sp³-hybridized carbons (Fsp3) is 0.379. The minimum Gasteiger partial charge on any atom is -0.444 e. The van der Waals surface area contributed by atoms with Gasteiger partial charge in [0.2, 0.25) is 10.0 Å². The summed E-state index contributed by atoms with van der Waals surface area (Å²) in [5.74, 6) is 0.162. The summed E-state index contributed by atoms with van der Waals surface area (Å²) in [6.45, 7) is 8.63. The third-order valence-electron chi connectivity index (χ3n) is 6.47. The second kappa shape index (κ2) is 11.2.